The Morgan fingerprint density at radius 1 is 1.22 bits per heavy atom. The van der Waals surface area contributed by atoms with Crippen LogP contribution in [0.4, 0.5) is 0 Å². The largest absolute Gasteiger partial charge is 0.355 e. The van der Waals surface area contributed by atoms with Crippen molar-refractivity contribution in [3.8, 4) is 0 Å². The average molecular weight is 253 g/mol. The second-order valence-corrected chi connectivity index (χ2v) is 3.53. The molecular weight excluding hydrogens is 222 g/mol. The maximum atomic E-state index is 4.42. The molecule has 0 aliphatic carbocycles. The number of allylic oxidation sites excluding steroid dienone is 3. The van der Waals surface area contributed by atoms with Crippen molar-refractivity contribution in [3.05, 3.63) is 24.0 Å². The second kappa shape index (κ2) is 15.9. The van der Waals surface area contributed by atoms with E-state index in [1.165, 1.54) is 0 Å². The van der Waals surface area contributed by atoms with Crippen molar-refractivity contribution in [2.75, 3.05) is 26.7 Å². The molecule has 3 heteroatoms. The van der Waals surface area contributed by atoms with Gasteiger partial charge >= 0.3 is 0 Å². The number of nitrogens with zero attached hydrogens (tertiary/aromatic N) is 2. The number of hydrogen-bond acceptors (Lipinski definition) is 3. The van der Waals surface area contributed by atoms with E-state index in [2.05, 4.69) is 28.2 Å². The molecule has 0 bridgehead atoms. The number of aliphatic imine (C=N–C) groups is 1. The Morgan fingerprint density at radius 3 is 2.33 bits per heavy atom. The number of hydrogen-bond donors (Lipinski definition) is 1. The fourth-order valence-electron chi connectivity index (χ4n) is 1.40. The monoisotopic (exact) mass is 253 g/mol. The van der Waals surface area contributed by atoms with Gasteiger partial charge in [-0.3, -0.25) is 0 Å². The smallest absolute Gasteiger partial charge is 0.128 e. The minimum absolute atomic E-state index is 0.979. The molecule has 0 unspecified atom stereocenters. The number of nitrogens with one attached hydrogen (secondary N) is 1. The van der Waals surface area contributed by atoms with Crippen molar-refractivity contribution in [3.63, 3.8) is 0 Å². The highest BCUT2D eigenvalue weighted by molar-refractivity contribution is 5.55. The SMILES string of the molecule is CC.C\C=C/C=C(\N=C/C)N(CCC)CCNC. The van der Waals surface area contributed by atoms with E-state index in [9.17, 15) is 0 Å². The van der Waals surface area contributed by atoms with Gasteiger partial charge < -0.3 is 10.2 Å². The highest BCUT2D eigenvalue weighted by Crippen LogP contribution is 2.06. The van der Waals surface area contributed by atoms with Gasteiger partial charge in [0, 0.05) is 25.8 Å². The van der Waals surface area contributed by atoms with Crippen molar-refractivity contribution in [2.24, 2.45) is 4.99 Å². The molecule has 0 aliphatic heterocycles. The van der Waals surface area contributed by atoms with Crippen LogP contribution in [0.1, 0.15) is 41.0 Å². The second-order valence-electron chi connectivity index (χ2n) is 3.53. The zero-order valence-corrected chi connectivity index (χ0v) is 13.0. The summed E-state index contributed by atoms with van der Waals surface area (Å²) < 4.78 is 0. The van der Waals surface area contributed by atoms with E-state index in [0.717, 1.165) is 31.9 Å². The summed E-state index contributed by atoms with van der Waals surface area (Å²) in [5.41, 5.74) is 0. The first kappa shape index (κ1) is 19.3. The van der Waals surface area contributed by atoms with E-state index in [1.54, 1.807) is 0 Å². The lowest BCUT2D eigenvalue weighted by atomic mass is 10.3. The Labute approximate surface area is 114 Å². The Morgan fingerprint density at radius 2 is 1.89 bits per heavy atom. The Bertz CT molecular complexity index is 242. The van der Waals surface area contributed by atoms with Gasteiger partial charge in [0.2, 0.25) is 0 Å². The molecule has 18 heavy (non-hydrogen) atoms. The van der Waals surface area contributed by atoms with Crippen molar-refractivity contribution in [1.29, 1.82) is 0 Å². The fraction of sp³-hybridized carbons (Fsp3) is 0.667. The van der Waals surface area contributed by atoms with E-state index in [0.29, 0.717) is 0 Å². The summed E-state index contributed by atoms with van der Waals surface area (Å²) in [5, 5.41) is 3.17. The van der Waals surface area contributed by atoms with E-state index >= 15 is 0 Å². The van der Waals surface area contributed by atoms with Gasteiger partial charge in [-0.1, -0.05) is 32.9 Å². The molecule has 0 spiro atoms. The van der Waals surface area contributed by atoms with Gasteiger partial charge in [0.05, 0.1) is 0 Å². The van der Waals surface area contributed by atoms with Crippen molar-refractivity contribution < 1.29 is 0 Å². The average Bonchev–Trinajstić information content (AvgIpc) is 2.42. The predicted octanol–water partition coefficient (Wildman–Crippen LogP) is 3.45. The Hall–Kier alpha value is -1.09. The molecule has 0 radical (unpaired) electrons. The molecule has 0 aromatic rings. The minimum atomic E-state index is 0.979. The topological polar surface area (TPSA) is 27.6 Å². The van der Waals surface area contributed by atoms with E-state index in [4.69, 9.17) is 0 Å². The van der Waals surface area contributed by atoms with Crippen LogP contribution in [0.25, 0.3) is 0 Å². The third kappa shape index (κ3) is 10.1. The summed E-state index contributed by atoms with van der Waals surface area (Å²) in [6.07, 6.45) is 9.09. The lowest BCUT2D eigenvalue weighted by Crippen LogP contribution is -2.30. The highest BCUT2D eigenvalue weighted by atomic mass is 15.2. The summed E-state index contributed by atoms with van der Waals surface area (Å²) in [6, 6.07) is 0. The molecule has 0 saturated carbocycles. The van der Waals surface area contributed by atoms with Crippen LogP contribution >= 0.6 is 0 Å². The van der Waals surface area contributed by atoms with Crippen LogP contribution in [0.5, 0.6) is 0 Å². The summed E-state index contributed by atoms with van der Waals surface area (Å²) in [4.78, 5) is 6.72. The van der Waals surface area contributed by atoms with Crippen LogP contribution < -0.4 is 5.32 Å². The first-order valence-corrected chi connectivity index (χ1v) is 7.01. The first-order chi connectivity index (χ1) is 8.79. The lowest BCUT2D eigenvalue weighted by Gasteiger charge is -2.24. The van der Waals surface area contributed by atoms with Crippen LogP contribution in [-0.4, -0.2) is 37.8 Å². The van der Waals surface area contributed by atoms with E-state index in [-0.39, 0.29) is 0 Å². The van der Waals surface area contributed by atoms with E-state index in [1.807, 2.05) is 53.1 Å². The standard InChI is InChI=1S/C13H25N3.C2H6/c1-5-8-9-13(15-7-3)16(11-6-2)12-10-14-4;1-2/h5,7-9,14H,6,10-12H2,1-4H3;1-2H3/b8-5-,13-9+,15-7-;. The third-order valence-corrected chi connectivity index (χ3v) is 2.15. The summed E-state index contributed by atoms with van der Waals surface area (Å²) in [6.45, 7) is 13.2. The Kier molecular flexibility index (Phi) is 17.0. The third-order valence-electron chi connectivity index (χ3n) is 2.15. The van der Waals surface area contributed by atoms with Gasteiger partial charge in [-0.2, -0.15) is 0 Å². The lowest BCUT2D eigenvalue weighted by molar-refractivity contribution is 0.342. The van der Waals surface area contributed by atoms with Crippen LogP contribution in [0.3, 0.4) is 0 Å². The molecule has 0 amide bonds. The van der Waals surface area contributed by atoms with Gasteiger partial charge in [0.15, 0.2) is 0 Å². The first-order valence-electron chi connectivity index (χ1n) is 7.01. The summed E-state index contributed by atoms with van der Waals surface area (Å²) >= 11 is 0. The molecule has 0 heterocycles. The zero-order chi connectivity index (χ0) is 14.2. The molecule has 0 aliphatic rings. The number of likely N-dealkylation sites (N-methyl/N-ethyl adjacent to an activating group) is 1. The van der Waals surface area contributed by atoms with Gasteiger partial charge in [0.25, 0.3) is 0 Å². The quantitative estimate of drug-likeness (QED) is 0.530. The van der Waals surface area contributed by atoms with Crippen molar-refractivity contribution in [2.45, 2.75) is 41.0 Å². The highest BCUT2D eigenvalue weighted by Gasteiger charge is 2.05. The van der Waals surface area contributed by atoms with Crippen LogP contribution in [0.2, 0.25) is 0 Å². The maximum absolute atomic E-state index is 4.42. The van der Waals surface area contributed by atoms with Crippen molar-refractivity contribution in [1.82, 2.24) is 10.2 Å². The molecule has 3 nitrogen and oxygen atoms in total. The summed E-state index contributed by atoms with van der Waals surface area (Å²) in [5.74, 6) is 1.04. The molecule has 1 N–H and O–H groups in total. The molecular formula is C15H31N3. The van der Waals surface area contributed by atoms with Gasteiger partial charge in [0.1, 0.15) is 5.82 Å². The van der Waals surface area contributed by atoms with Gasteiger partial charge in [-0.15, -0.1) is 0 Å². The predicted molar refractivity (Wildman–Crippen MR) is 84.2 cm³/mol. The molecule has 0 aromatic carbocycles. The zero-order valence-electron chi connectivity index (χ0n) is 13.0. The number of rotatable bonds is 8. The van der Waals surface area contributed by atoms with Gasteiger partial charge in [-0.05, 0) is 33.4 Å². The summed E-state index contributed by atoms with van der Waals surface area (Å²) in [7, 11) is 1.97. The molecule has 0 rings (SSSR count). The molecule has 0 aromatic heterocycles. The normalized spacial score (nSPS) is 11.8. The fourth-order valence-corrected chi connectivity index (χ4v) is 1.40. The van der Waals surface area contributed by atoms with E-state index < -0.39 is 0 Å². The maximum Gasteiger partial charge on any atom is 0.128 e. The molecule has 0 atom stereocenters. The van der Waals surface area contributed by atoms with Gasteiger partial charge in [-0.25, -0.2) is 4.99 Å². The van der Waals surface area contributed by atoms with Crippen LogP contribution in [0.15, 0.2) is 29.0 Å². The Balaban J connectivity index is 0. The van der Waals surface area contributed by atoms with Crippen molar-refractivity contribution >= 4 is 6.21 Å². The molecule has 0 fully saturated rings. The molecule has 106 valence electrons. The van der Waals surface area contributed by atoms with Crippen LogP contribution in [-0.2, 0) is 0 Å². The molecule has 0 saturated heterocycles. The van der Waals surface area contributed by atoms with Crippen LogP contribution in [0, 0.1) is 0 Å². The minimum Gasteiger partial charge on any atom is -0.355 e.